The molecule has 0 spiro atoms. The van der Waals surface area contributed by atoms with Crippen LogP contribution in [0.15, 0.2) is 57.2 Å². The number of carbonyl (C=O) groups is 1. The van der Waals surface area contributed by atoms with Crippen LogP contribution in [-0.4, -0.2) is 26.4 Å². The lowest BCUT2D eigenvalue weighted by Crippen LogP contribution is -2.21. The molecule has 1 aromatic carbocycles. The van der Waals surface area contributed by atoms with Gasteiger partial charge in [0.15, 0.2) is 16.5 Å². The second kappa shape index (κ2) is 7.47. The van der Waals surface area contributed by atoms with Gasteiger partial charge in [-0.2, -0.15) is 0 Å². The van der Waals surface area contributed by atoms with E-state index in [2.05, 4.69) is 15.0 Å². The van der Waals surface area contributed by atoms with Gasteiger partial charge in [0.2, 0.25) is 10.0 Å². The third-order valence-electron chi connectivity index (χ3n) is 3.93. The van der Waals surface area contributed by atoms with Crippen LogP contribution in [-0.2, 0) is 16.6 Å². The third-order valence-corrected chi connectivity index (χ3v) is 7.97. The molecule has 0 saturated carbocycles. The normalized spacial score (nSPS) is 11.8. The maximum Gasteiger partial charge on any atom is 0.287 e. The average Bonchev–Trinajstić information content (AvgIpc) is 3.44. The number of hydrogen-bond acceptors (Lipinski definition) is 7. The van der Waals surface area contributed by atoms with E-state index in [1.165, 1.54) is 24.5 Å². The van der Waals surface area contributed by atoms with E-state index in [1.54, 1.807) is 18.2 Å². The minimum atomic E-state index is -3.48. The van der Waals surface area contributed by atoms with Crippen molar-refractivity contribution in [2.45, 2.75) is 10.8 Å². The molecule has 1 amide bonds. The highest BCUT2D eigenvalue weighted by atomic mass is 32.2. The second-order valence-electron chi connectivity index (χ2n) is 5.76. The number of thiazole rings is 1. The van der Waals surface area contributed by atoms with Gasteiger partial charge in [-0.1, -0.05) is 12.1 Å². The number of nitrogens with one attached hydrogen (secondary N) is 2. The number of para-hydroxylation sites is 1. The Kier molecular flexibility index (Phi) is 5.02. The molecule has 3 heterocycles. The number of thiophene rings is 1. The van der Waals surface area contributed by atoms with Gasteiger partial charge in [-0.25, -0.2) is 18.1 Å². The van der Waals surface area contributed by atoms with Crippen molar-refractivity contribution in [2.75, 3.05) is 7.05 Å². The summed E-state index contributed by atoms with van der Waals surface area (Å²) in [6.07, 6.45) is 0. The van der Waals surface area contributed by atoms with Crippen molar-refractivity contribution < 1.29 is 17.6 Å². The number of carbonyl (C=O) groups excluding carboxylic acids is 1. The van der Waals surface area contributed by atoms with Crippen LogP contribution in [0, 0.1) is 0 Å². The van der Waals surface area contributed by atoms with Gasteiger partial charge in [0.05, 0.1) is 16.8 Å². The van der Waals surface area contributed by atoms with E-state index in [-0.39, 0.29) is 22.4 Å². The number of aromatic nitrogens is 1. The number of fused-ring (bicyclic) bond motifs is 1. The van der Waals surface area contributed by atoms with Gasteiger partial charge < -0.3 is 9.73 Å². The van der Waals surface area contributed by atoms with Gasteiger partial charge in [-0.3, -0.25) is 4.79 Å². The first kappa shape index (κ1) is 18.8. The number of amides is 1. The SMILES string of the molecule is CNS(=O)(=O)c1ccc(CNC(=O)c2ccc(-c3nc4ccccc4s3)o2)s1. The van der Waals surface area contributed by atoms with Gasteiger partial charge in [0.1, 0.15) is 4.21 Å². The molecular weight excluding hydrogens is 418 g/mol. The van der Waals surface area contributed by atoms with Crippen molar-refractivity contribution in [1.29, 1.82) is 0 Å². The van der Waals surface area contributed by atoms with E-state index < -0.39 is 10.0 Å². The van der Waals surface area contributed by atoms with Crippen LogP contribution in [0.25, 0.3) is 21.0 Å². The molecule has 2 N–H and O–H groups in total. The summed E-state index contributed by atoms with van der Waals surface area (Å²) >= 11 is 2.60. The second-order valence-corrected chi connectivity index (χ2v) is 10.1. The van der Waals surface area contributed by atoms with Crippen molar-refractivity contribution >= 4 is 48.8 Å². The van der Waals surface area contributed by atoms with Crippen LogP contribution in [0.5, 0.6) is 0 Å². The Bertz CT molecular complexity index is 1220. The zero-order chi connectivity index (χ0) is 19.7. The molecule has 0 bridgehead atoms. The first-order valence-corrected chi connectivity index (χ1v) is 11.3. The van der Waals surface area contributed by atoms with E-state index in [1.807, 2.05) is 24.3 Å². The van der Waals surface area contributed by atoms with Crippen molar-refractivity contribution in [1.82, 2.24) is 15.0 Å². The molecule has 0 saturated heterocycles. The maximum atomic E-state index is 12.3. The van der Waals surface area contributed by atoms with E-state index >= 15 is 0 Å². The number of benzene rings is 1. The highest BCUT2D eigenvalue weighted by molar-refractivity contribution is 7.91. The van der Waals surface area contributed by atoms with E-state index in [9.17, 15) is 13.2 Å². The zero-order valence-electron chi connectivity index (χ0n) is 14.6. The summed E-state index contributed by atoms with van der Waals surface area (Å²) in [4.78, 5) is 17.6. The standard InChI is InChI=1S/C18H15N3O4S3/c1-19-28(23,24)16-9-6-11(26-16)10-20-17(22)13-7-8-14(25-13)18-21-12-4-2-3-5-15(12)27-18/h2-9,19H,10H2,1H3,(H,20,22). The topological polar surface area (TPSA) is 101 Å². The lowest BCUT2D eigenvalue weighted by Gasteiger charge is -2.01. The van der Waals surface area contributed by atoms with Gasteiger partial charge in [-0.05, 0) is 43.4 Å². The van der Waals surface area contributed by atoms with Gasteiger partial charge in [0.25, 0.3) is 5.91 Å². The fourth-order valence-corrected chi connectivity index (χ4v) is 5.57. The summed E-state index contributed by atoms with van der Waals surface area (Å²) in [6.45, 7) is 0.208. The molecule has 28 heavy (non-hydrogen) atoms. The average molecular weight is 434 g/mol. The first-order chi connectivity index (χ1) is 13.5. The monoisotopic (exact) mass is 433 g/mol. The number of hydrogen-bond donors (Lipinski definition) is 2. The molecule has 0 aliphatic carbocycles. The molecular formula is C18H15N3O4S3. The maximum absolute atomic E-state index is 12.3. The molecule has 0 aliphatic heterocycles. The summed E-state index contributed by atoms with van der Waals surface area (Å²) in [5.41, 5.74) is 0.884. The summed E-state index contributed by atoms with van der Waals surface area (Å²) in [7, 11) is -2.12. The van der Waals surface area contributed by atoms with Crippen molar-refractivity contribution in [2.24, 2.45) is 0 Å². The third kappa shape index (κ3) is 3.72. The molecule has 10 heteroatoms. The van der Waals surface area contributed by atoms with Gasteiger partial charge in [0, 0.05) is 4.88 Å². The summed E-state index contributed by atoms with van der Waals surface area (Å²) in [6, 6.07) is 14.3. The molecule has 4 aromatic rings. The summed E-state index contributed by atoms with van der Waals surface area (Å²) in [5.74, 6) is 0.331. The smallest absolute Gasteiger partial charge is 0.287 e. The van der Waals surface area contributed by atoms with Crippen LogP contribution in [0.4, 0.5) is 0 Å². The van der Waals surface area contributed by atoms with Crippen LogP contribution in [0.1, 0.15) is 15.4 Å². The summed E-state index contributed by atoms with van der Waals surface area (Å²) < 4.78 is 32.7. The number of nitrogens with zero attached hydrogens (tertiary/aromatic N) is 1. The lowest BCUT2D eigenvalue weighted by molar-refractivity contribution is 0.0924. The fourth-order valence-electron chi connectivity index (χ4n) is 2.51. The molecule has 3 aromatic heterocycles. The number of furan rings is 1. The molecule has 0 aliphatic rings. The molecule has 0 fully saturated rings. The summed E-state index contributed by atoms with van der Waals surface area (Å²) in [5, 5.41) is 3.44. The quantitative estimate of drug-likeness (QED) is 0.485. The molecule has 0 radical (unpaired) electrons. The van der Waals surface area contributed by atoms with Crippen molar-refractivity contribution in [3.8, 4) is 10.8 Å². The van der Waals surface area contributed by atoms with Crippen LogP contribution >= 0.6 is 22.7 Å². The molecule has 144 valence electrons. The van der Waals surface area contributed by atoms with Crippen LogP contribution in [0.2, 0.25) is 0 Å². The molecule has 7 nitrogen and oxygen atoms in total. The Labute approximate surface area is 169 Å². The fraction of sp³-hybridized carbons (Fsp3) is 0.111. The van der Waals surface area contributed by atoms with Crippen LogP contribution in [0.3, 0.4) is 0 Å². The Balaban J connectivity index is 1.45. The predicted molar refractivity (Wildman–Crippen MR) is 109 cm³/mol. The highest BCUT2D eigenvalue weighted by Crippen LogP contribution is 2.31. The zero-order valence-corrected chi connectivity index (χ0v) is 17.1. The Hall–Kier alpha value is -2.53. The van der Waals surface area contributed by atoms with Gasteiger partial charge >= 0.3 is 0 Å². The van der Waals surface area contributed by atoms with Crippen molar-refractivity contribution in [3.05, 3.63) is 59.2 Å². The highest BCUT2D eigenvalue weighted by Gasteiger charge is 2.17. The minimum absolute atomic E-state index is 0.175. The Morgan fingerprint density at radius 2 is 1.93 bits per heavy atom. The minimum Gasteiger partial charge on any atom is -0.448 e. The van der Waals surface area contributed by atoms with Gasteiger partial charge in [-0.15, -0.1) is 22.7 Å². The number of sulfonamides is 1. The predicted octanol–water partition coefficient (Wildman–Crippen LogP) is 3.46. The first-order valence-electron chi connectivity index (χ1n) is 8.22. The Morgan fingerprint density at radius 1 is 1.11 bits per heavy atom. The van der Waals surface area contributed by atoms with E-state index in [0.717, 1.165) is 26.4 Å². The van der Waals surface area contributed by atoms with E-state index in [0.29, 0.717) is 10.8 Å². The van der Waals surface area contributed by atoms with E-state index in [4.69, 9.17) is 4.42 Å². The largest absolute Gasteiger partial charge is 0.448 e. The lowest BCUT2D eigenvalue weighted by atomic mass is 10.3. The number of rotatable bonds is 6. The molecule has 0 unspecified atom stereocenters. The molecule has 0 atom stereocenters. The Morgan fingerprint density at radius 3 is 2.71 bits per heavy atom. The molecule has 4 rings (SSSR count). The van der Waals surface area contributed by atoms with Crippen LogP contribution < -0.4 is 10.0 Å². The van der Waals surface area contributed by atoms with Crippen molar-refractivity contribution in [3.63, 3.8) is 0 Å².